The van der Waals surface area contributed by atoms with Gasteiger partial charge in [-0.15, -0.1) is 10.2 Å². The number of nitrogens with one attached hydrogen (secondary N) is 1. The number of benzene rings is 3. The molecule has 4 nitrogen and oxygen atoms in total. The van der Waals surface area contributed by atoms with E-state index in [-0.39, 0.29) is 11.6 Å². The van der Waals surface area contributed by atoms with Gasteiger partial charge in [-0.05, 0) is 98.5 Å². The third-order valence-corrected chi connectivity index (χ3v) is 7.02. The highest BCUT2D eigenvalue weighted by atomic mass is 19.1. The average molecular weight is 500 g/mol. The van der Waals surface area contributed by atoms with Crippen LogP contribution in [0.25, 0.3) is 22.5 Å². The van der Waals surface area contributed by atoms with Crippen LogP contribution >= 0.6 is 0 Å². The summed E-state index contributed by atoms with van der Waals surface area (Å²) in [4.78, 5) is 0. The summed E-state index contributed by atoms with van der Waals surface area (Å²) < 4.78 is 33.0. The lowest BCUT2D eigenvalue weighted by atomic mass is 9.92. The van der Waals surface area contributed by atoms with E-state index < -0.39 is 0 Å². The normalized spacial score (nSPS) is 17.3. The van der Waals surface area contributed by atoms with Gasteiger partial charge in [0.05, 0.1) is 18.0 Å². The molecule has 0 aliphatic carbocycles. The van der Waals surface area contributed by atoms with Gasteiger partial charge in [-0.3, -0.25) is 0 Å². The first-order valence-electron chi connectivity index (χ1n) is 12.8. The van der Waals surface area contributed by atoms with Crippen LogP contribution in [0.15, 0.2) is 78.9 Å². The van der Waals surface area contributed by atoms with E-state index in [4.69, 9.17) is 4.74 Å². The Morgan fingerprint density at radius 3 is 2.24 bits per heavy atom. The van der Waals surface area contributed by atoms with Crippen LogP contribution in [0, 0.1) is 18.6 Å². The van der Waals surface area contributed by atoms with Gasteiger partial charge in [0.15, 0.2) is 0 Å². The van der Waals surface area contributed by atoms with Gasteiger partial charge in [0, 0.05) is 29.7 Å². The lowest BCUT2D eigenvalue weighted by molar-refractivity contribution is 0.110. The number of aromatic nitrogens is 2. The molecular weight excluding hydrogens is 468 g/mol. The molecule has 0 unspecified atom stereocenters. The van der Waals surface area contributed by atoms with Gasteiger partial charge >= 0.3 is 0 Å². The summed E-state index contributed by atoms with van der Waals surface area (Å²) in [6.07, 6.45) is 2.66. The molecule has 0 bridgehead atoms. The first-order valence-corrected chi connectivity index (χ1v) is 12.8. The van der Waals surface area contributed by atoms with Gasteiger partial charge in [0.1, 0.15) is 11.6 Å². The minimum absolute atomic E-state index is 0.293. The van der Waals surface area contributed by atoms with Crippen molar-refractivity contribution in [3.05, 3.63) is 107 Å². The van der Waals surface area contributed by atoms with Crippen molar-refractivity contribution in [3.8, 4) is 22.5 Å². The Balaban J connectivity index is 1.24. The maximum atomic E-state index is 13.5. The van der Waals surface area contributed by atoms with Crippen LogP contribution in [0.5, 0.6) is 0 Å². The highest BCUT2D eigenvalue weighted by Crippen LogP contribution is 2.29. The third kappa shape index (κ3) is 6.27. The van der Waals surface area contributed by atoms with E-state index in [9.17, 15) is 8.78 Å². The second-order valence-electron chi connectivity index (χ2n) is 9.66. The van der Waals surface area contributed by atoms with E-state index in [1.807, 2.05) is 6.07 Å². The fourth-order valence-corrected chi connectivity index (χ4v) is 4.96. The van der Waals surface area contributed by atoms with Crippen molar-refractivity contribution in [2.24, 2.45) is 0 Å². The number of rotatable bonds is 9. The third-order valence-electron chi connectivity index (χ3n) is 7.02. The minimum Gasteiger partial charge on any atom is -0.380 e. The van der Waals surface area contributed by atoms with Crippen molar-refractivity contribution >= 4 is 0 Å². The van der Waals surface area contributed by atoms with Crippen molar-refractivity contribution in [3.63, 3.8) is 0 Å². The number of hydrogen-bond acceptors (Lipinski definition) is 4. The smallest absolute Gasteiger partial charge is 0.123 e. The molecule has 1 aliphatic heterocycles. The van der Waals surface area contributed by atoms with Crippen molar-refractivity contribution in [1.29, 1.82) is 0 Å². The lowest BCUT2D eigenvalue weighted by Gasteiger charge is -2.20. The largest absolute Gasteiger partial charge is 0.380 e. The van der Waals surface area contributed by atoms with E-state index in [1.54, 1.807) is 24.3 Å². The Morgan fingerprint density at radius 1 is 0.865 bits per heavy atom. The van der Waals surface area contributed by atoms with Crippen LogP contribution in [0.4, 0.5) is 8.78 Å². The molecule has 2 heterocycles. The van der Waals surface area contributed by atoms with Crippen molar-refractivity contribution in [1.82, 2.24) is 15.5 Å². The molecule has 1 aliphatic rings. The molecule has 1 aromatic heterocycles. The summed E-state index contributed by atoms with van der Waals surface area (Å²) in [5.41, 5.74) is 6.65. The molecule has 6 heteroatoms. The SMILES string of the molecule is Cc1ccc([C@H]2CCN[C@@H]2COCCCc2cc(-c3ccc(F)cc3)nnc2-c2ccc(F)cc2)cc1. The van der Waals surface area contributed by atoms with Gasteiger partial charge in [0.2, 0.25) is 0 Å². The van der Waals surface area contributed by atoms with Crippen LogP contribution in [0.2, 0.25) is 0 Å². The Kier molecular flexibility index (Phi) is 7.97. The van der Waals surface area contributed by atoms with E-state index in [0.29, 0.717) is 30.9 Å². The summed E-state index contributed by atoms with van der Waals surface area (Å²) in [5.74, 6) is -0.120. The molecule has 37 heavy (non-hydrogen) atoms. The Labute approximate surface area is 216 Å². The molecule has 1 N–H and O–H groups in total. The first-order chi connectivity index (χ1) is 18.1. The molecule has 2 atom stereocenters. The molecule has 0 radical (unpaired) electrons. The fraction of sp³-hybridized carbons (Fsp3) is 0.290. The van der Waals surface area contributed by atoms with Crippen LogP contribution in [-0.4, -0.2) is 36.0 Å². The summed E-state index contributed by atoms with van der Waals surface area (Å²) in [6.45, 7) is 4.40. The monoisotopic (exact) mass is 499 g/mol. The van der Waals surface area contributed by atoms with Gasteiger partial charge in [-0.2, -0.15) is 0 Å². The quantitative estimate of drug-likeness (QED) is 0.267. The van der Waals surface area contributed by atoms with Gasteiger partial charge in [-0.25, -0.2) is 8.78 Å². The number of halogens is 2. The second-order valence-corrected chi connectivity index (χ2v) is 9.66. The molecule has 1 saturated heterocycles. The zero-order valence-corrected chi connectivity index (χ0v) is 21.0. The van der Waals surface area contributed by atoms with Crippen LogP contribution < -0.4 is 5.32 Å². The second kappa shape index (κ2) is 11.7. The molecule has 0 saturated carbocycles. The molecular formula is C31H31F2N3O. The highest BCUT2D eigenvalue weighted by molar-refractivity contribution is 5.67. The van der Waals surface area contributed by atoms with Gasteiger partial charge in [-0.1, -0.05) is 29.8 Å². The molecule has 3 aromatic carbocycles. The zero-order chi connectivity index (χ0) is 25.6. The Morgan fingerprint density at radius 2 is 1.54 bits per heavy atom. The highest BCUT2D eigenvalue weighted by Gasteiger charge is 2.28. The van der Waals surface area contributed by atoms with Crippen LogP contribution in [0.3, 0.4) is 0 Å². The van der Waals surface area contributed by atoms with Crippen molar-refractivity contribution < 1.29 is 13.5 Å². The summed E-state index contributed by atoms with van der Waals surface area (Å²) in [5, 5.41) is 12.4. The number of hydrogen-bond donors (Lipinski definition) is 1. The predicted octanol–water partition coefficient (Wildman–Crippen LogP) is 6.49. The van der Waals surface area contributed by atoms with Gasteiger partial charge < -0.3 is 10.1 Å². The minimum atomic E-state index is -0.293. The Hall–Kier alpha value is -3.48. The van der Waals surface area contributed by atoms with E-state index in [1.165, 1.54) is 35.4 Å². The Bertz CT molecular complexity index is 1310. The van der Waals surface area contributed by atoms with Gasteiger partial charge in [0.25, 0.3) is 0 Å². The van der Waals surface area contributed by atoms with Crippen LogP contribution in [-0.2, 0) is 11.2 Å². The average Bonchev–Trinajstić information content (AvgIpc) is 3.38. The van der Waals surface area contributed by atoms with E-state index in [2.05, 4.69) is 46.7 Å². The molecule has 0 spiro atoms. The van der Waals surface area contributed by atoms with Crippen molar-refractivity contribution in [2.45, 2.75) is 38.1 Å². The molecule has 4 aromatic rings. The topological polar surface area (TPSA) is 47.0 Å². The maximum absolute atomic E-state index is 13.5. The fourth-order valence-electron chi connectivity index (χ4n) is 4.96. The molecule has 1 fully saturated rings. The molecule has 0 amide bonds. The summed E-state index contributed by atoms with van der Waals surface area (Å²) in [7, 11) is 0. The van der Waals surface area contributed by atoms with Crippen molar-refractivity contribution in [2.75, 3.05) is 19.8 Å². The molecule has 5 rings (SSSR count). The zero-order valence-electron chi connectivity index (χ0n) is 21.0. The number of aryl methyl sites for hydroxylation is 2. The number of ether oxygens (including phenoxy) is 1. The predicted molar refractivity (Wildman–Crippen MR) is 142 cm³/mol. The number of nitrogens with zero attached hydrogens (tertiary/aromatic N) is 2. The first kappa shape index (κ1) is 25.2. The van der Waals surface area contributed by atoms with E-state index in [0.717, 1.165) is 48.2 Å². The molecule has 190 valence electrons. The lowest BCUT2D eigenvalue weighted by Crippen LogP contribution is -2.31. The summed E-state index contributed by atoms with van der Waals surface area (Å²) in [6, 6.07) is 23.6. The van der Waals surface area contributed by atoms with Crippen LogP contribution in [0.1, 0.15) is 35.4 Å². The maximum Gasteiger partial charge on any atom is 0.123 e. The summed E-state index contributed by atoms with van der Waals surface area (Å²) >= 11 is 0. The van der Waals surface area contributed by atoms with E-state index >= 15 is 0 Å². The standard InChI is InChI=1S/C31H31F2N3O/c1-21-4-6-22(7-5-21)28-16-17-34-30(28)20-37-18-2-3-25-19-29(23-8-12-26(32)13-9-23)35-36-31(25)24-10-14-27(33)15-11-24/h4-15,19,28,30,34H,2-3,16-18,20H2,1H3/t28-,30-/m1/s1.